The van der Waals surface area contributed by atoms with Crippen molar-refractivity contribution in [3.8, 4) is 28.2 Å². The third kappa shape index (κ3) is 2.72. The van der Waals surface area contributed by atoms with Gasteiger partial charge in [0.1, 0.15) is 17.1 Å². The van der Waals surface area contributed by atoms with Crippen LogP contribution < -0.4 is 5.43 Å². The molecule has 140 valence electrons. The summed E-state index contributed by atoms with van der Waals surface area (Å²) in [4.78, 5) is 24.0. The predicted octanol–water partition coefficient (Wildman–Crippen LogP) is 5.12. The molecule has 1 aliphatic carbocycles. The number of carboxylic acid groups (broad SMARTS) is 1. The first-order chi connectivity index (χ1) is 14.0. The topological polar surface area (TPSA) is 87.7 Å². The van der Waals surface area contributed by atoms with E-state index in [1.54, 1.807) is 18.2 Å². The normalized spacial score (nSPS) is 11.3. The molecule has 3 aromatic rings. The van der Waals surface area contributed by atoms with Crippen LogP contribution in [0.3, 0.4) is 0 Å². The highest BCUT2D eigenvalue weighted by atomic mass is 16.4. The molecule has 0 saturated heterocycles. The van der Waals surface area contributed by atoms with E-state index in [0.717, 1.165) is 10.8 Å². The number of aromatic hydroxyl groups is 1. The maximum absolute atomic E-state index is 12.1. The summed E-state index contributed by atoms with van der Waals surface area (Å²) in [5, 5.41) is 22.2. The molecule has 2 N–H and O–H groups in total. The average Bonchev–Trinajstić information content (AvgIpc) is 2.70. The van der Waals surface area contributed by atoms with Gasteiger partial charge < -0.3 is 14.6 Å². The summed E-state index contributed by atoms with van der Waals surface area (Å²) in [5.74, 6) is -0.705. The van der Waals surface area contributed by atoms with E-state index in [0.29, 0.717) is 33.4 Å². The number of rotatable bonds is 2. The van der Waals surface area contributed by atoms with Crippen molar-refractivity contribution in [2.45, 2.75) is 0 Å². The quantitative estimate of drug-likeness (QED) is 0.414. The standard InChI is InChI=1S/C24H14O5/c25-15-5-7-17-21(11-15)29-22-12-16(26)6-8-18(22)23(17)19-9-13-3-1-2-4-14(13)10-20(19)24(27)28/h1-12,25H,(H,27,28). The van der Waals surface area contributed by atoms with Crippen LogP contribution in [-0.4, -0.2) is 16.2 Å². The Hall–Kier alpha value is -4.12. The van der Waals surface area contributed by atoms with Gasteiger partial charge in [-0.3, -0.25) is 4.79 Å². The van der Waals surface area contributed by atoms with E-state index in [2.05, 4.69) is 0 Å². The average molecular weight is 382 g/mol. The lowest BCUT2D eigenvalue weighted by molar-refractivity contribution is 0.0698. The van der Waals surface area contributed by atoms with E-state index in [4.69, 9.17) is 4.42 Å². The number of phenolic OH excluding ortho intramolecular Hbond substituents is 1. The molecular weight excluding hydrogens is 368 g/mol. The lowest BCUT2D eigenvalue weighted by Crippen LogP contribution is -2.03. The molecule has 1 heterocycles. The molecule has 5 rings (SSSR count). The molecule has 2 aliphatic rings. The smallest absolute Gasteiger partial charge is 0.336 e. The minimum absolute atomic E-state index is 0.0156. The van der Waals surface area contributed by atoms with Crippen LogP contribution in [0.2, 0.25) is 0 Å². The molecule has 1 aliphatic heterocycles. The number of carbonyl (C=O) groups is 1. The van der Waals surface area contributed by atoms with Gasteiger partial charge in [-0.1, -0.05) is 24.3 Å². The van der Waals surface area contributed by atoms with Crippen LogP contribution in [0.4, 0.5) is 0 Å². The highest BCUT2D eigenvalue weighted by Crippen LogP contribution is 2.42. The minimum Gasteiger partial charge on any atom is -0.508 e. The second-order valence-electron chi connectivity index (χ2n) is 6.87. The van der Waals surface area contributed by atoms with Gasteiger partial charge in [0.15, 0.2) is 5.43 Å². The first-order valence-electron chi connectivity index (χ1n) is 8.97. The van der Waals surface area contributed by atoms with E-state index in [1.165, 1.54) is 24.3 Å². The first kappa shape index (κ1) is 17.0. The Labute approximate surface area is 164 Å². The fraction of sp³-hybridized carbons (Fsp3) is 0. The van der Waals surface area contributed by atoms with Gasteiger partial charge in [-0.15, -0.1) is 0 Å². The monoisotopic (exact) mass is 382 g/mol. The van der Waals surface area contributed by atoms with Crippen molar-refractivity contribution in [3.63, 3.8) is 0 Å². The molecule has 0 aromatic heterocycles. The fourth-order valence-corrected chi connectivity index (χ4v) is 3.77. The Morgan fingerprint density at radius 3 is 2.34 bits per heavy atom. The molecule has 0 atom stereocenters. The Morgan fingerprint density at radius 1 is 0.828 bits per heavy atom. The van der Waals surface area contributed by atoms with Crippen molar-refractivity contribution < 1.29 is 19.4 Å². The second kappa shape index (κ2) is 6.21. The molecule has 0 spiro atoms. The van der Waals surface area contributed by atoms with Crippen molar-refractivity contribution in [1.29, 1.82) is 0 Å². The van der Waals surface area contributed by atoms with Crippen LogP contribution in [0.5, 0.6) is 5.75 Å². The Balaban J connectivity index is 2.00. The van der Waals surface area contributed by atoms with Crippen molar-refractivity contribution in [2.24, 2.45) is 0 Å². The maximum atomic E-state index is 12.1. The molecule has 0 bridgehead atoms. The highest BCUT2D eigenvalue weighted by Gasteiger charge is 2.22. The van der Waals surface area contributed by atoms with E-state index in [-0.39, 0.29) is 16.7 Å². The number of fused-ring (bicyclic) bond motifs is 3. The predicted molar refractivity (Wildman–Crippen MR) is 111 cm³/mol. The van der Waals surface area contributed by atoms with E-state index < -0.39 is 5.97 Å². The van der Waals surface area contributed by atoms with Crippen LogP contribution in [-0.2, 0) is 0 Å². The largest absolute Gasteiger partial charge is 0.508 e. The molecule has 0 fully saturated rings. The number of hydrogen-bond donors (Lipinski definition) is 2. The zero-order valence-corrected chi connectivity index (χ0v) is 15.0. The summed E-state index contributed by atoms with van der Waals surface area (Å²) in [6, 6.07) is 20.1. The van der Waals surface area contributed by atoms with Crippen LogP contribution >= 0.6 is 0 Å². The second-order valence-corrected chi connectivity index (χ2v) is 6.87. The van der Waals surface area contributed by atoms with Gasteiger partial charge in [-0.2, -0.15) is 0 Å². The van der Waals surface area contributed by atoms with Gasteiger partial charge in [0, 0.05) is 28.6 Å². The molecule has 29 heavy (non-hydrogen) atoms. The van der Waals surface area contributed by atoms with Crippen molar-refractivity contribution in [2.75, 3.05) is 0 Å². The summed E-state index contributed by atoms with van der Waals surface area (Å²) < 4.78 is 5.85. The summed E-state index contributed by atoms with van der Waals surface area (Å²) in [6.07, 6.45) is 0. The molecule has 0 saturated carbocycles. The Kier molecular flexibility index (Phi) is 3.64. The van der Waals surface area contributed by atoms with Crippen LogP contribution in [0.25, 0.3) is 44.2 Å². The van der Waals surface area contributed by atoms with Gasteiger partial charge in [0.05, 0.1) is 5.56 Å². The van der Waals surface area contributed by atoms with Gasteiger partial charge in [0.2, 0.25) is 0 Å². The van der Waals surface area contributed by atoms with Crippen LogP contribution in [0.15, 0.2) is 82.0 Å². The lowest BCUT2D eigenvalue weighted by atomic mass is 9.89. The fourth-order valence-electron chi connectivity index (χ4n) is 3.77. The number of phenols is 1. The van der Waals surface area contributed by atoms with Gasteiger partial charge >= 0.3 is 5.97 Å². The number of hydrogen-bond acceptors (Lipinski definition) is 4. The Morgan fingerprint density at radius 2 is 1.59 bits per heavy atom. The zero-order chi connectivity index (χ0) is 20.1. The molecule has 3 aromatic carbocycles. The molecular formula is C24H14O5. The molecule has 0 unspecified atom stereocenters. The van der Waals surface area contributed by atoms with Gasteiger partial charge in [-0.05, 0) is 52.7 Å². The first-order valence-corrected chi connectivity index (χ1v) is 8.97. The number of benzene rings is 4. The van der Waals surface area contributed by atoms with Crippen LogP contribution in [0.1, 0.15) is 10.4 Å². The van der Waals surface area contributed by atoms with Crippen molar-refractivity contribution in [3.05, 3.63) is 88.6 Å². The van der Waals surface area contributed by atoms with Crippen molar-refractivity contribution >= 4 is 27.7 Å². The van der Waals surface area contributed by atoms with Gasteiger partial charge in [0.25, 0.3) is 0 Å². The highest BCUT2D eigenvalue weighted by molar-refractivity contribution is 6.10. The summed E-state index contributed by atoms with van der Waals surface area (Å²) in [6.45, 7) is 0. The van der Waals surface area contributed by atoms with E-state index in [1.807, 2.05) is 30.3 Å². The Bertz CT molecular complexity index is 1460. The minimum atomic E-state index is -1.05. The zero-order valence-electron chi connectivity index (χ0n) is 15.0. The summed E-state index contributed by atoms with van der Waals surface area (Å²) in [5.41, 5.74) is 2.08. The maximum Gasteiger partial charge on any atom is 0.336 e. The summed E-state index contributed by atoms with van der Waals surface area (Å²) in [7, 11) is 0. The van der Waals surface area contributed by atoms with Crippen LogP contribution in [0, 0.1) is 0 Å². The third-order valence-corrected chi connectivity index (χ3v) is 5.06. The van der Waals surface area contributed by atoms with E-state index in [9.17, 15) is 19.8 Å². The molecule has 5 nitrogen and oxygen atoms in total. The SMILES string of the molecule is O=C(O)c1cc2ccccc2cc1-c1c2ccc(=O)cc-2oc2cc(O)ccc12. The molecule has 5 heteroatoms. The number of aromatic carboxylic acids is 1. The van der Waals surface area contributed by atoms with Gasteiger partial charge in [-0.25, -0.2) is 4.79 Å². The third-order valence-electron chi connectivity index (χ3n) is 5.06. The molecule has 0 amide bonds. The van der Waals surface area contributed by atoms with Crippen molar-refractivity contribution in [1.82, 2.24) is 0 Å². The number of carboxylic acids is 1. The summed E-state index contributed by atoms with van der Waals surface area (Å²) >= 11 is 0. The molecule has 0 radical (unpaired) electrons. The van der Waals surface area contributed by atoms with E-state index >= 15 is 0 Å². The lowest BCUT2D eigenvalue weighted by Gasteiger charge is -2.17.